The van der Waals surface area contributed by atoms with E-state index in [0.29, 0.717) is 12.5 Å². The number of rotatable bonds is 7. The topological polar surface area (TPSA) is 70.9 Å². The van der Waals surface area contributed by atoms with Crippen LogP contribution in [0, 0.1) is 13.8 Å². The molecule has 1 aromatic carbocycles. The number of hydrogen-bond donors (Lipinski definition) is 2. The van der Waals surface area contributed by atoms with Crippen LogP contribution in [0.5, 0.6) is 0 Å². The number of aliphatic hydroxyl groups excluding tert-OH is 1. The van der Waals surface area contributed by atoms with E-state index in [1.165, 1.54) is 21.4 Å². The van der Waals surface area contributed by atoms with Gasteiger partial charge in [-0.2, -0.15) is 0 Å². The van der Waals surface area contributed by atoms with E-state index in [1.807, 2.05) is 19.1 Å². The van der Waals surface area contributed by atoms with Gasteiger partial charge < -0.3 is 0 Å². The molecule has 5 nitrogen and oxygen atoms in total. The van der Waals surface area contributed by atoms with E-state index >= 15 is 0 Å². The fourth-order valence-corrected chi connectivity index (χ4v) is 6.62. The van der Waals surface area contributed by atoms with Gasteiger partial charge in [-0.15, -0.1) is 0 Å². The van der Waals surface area contributed by atoms with E-state index < -0.39 is 0 Å². The van der Waals surface area contributed by atoms with Crippen LogP contribution in [0.15, 0.2) is 48.5 Å². The van der Waals surface area contributed by atoms with Crippen molar-refractivity contribution in [3.05, 3.63) is 64.8 Å². The van der Waals surface area contributed by atoms with Gasteiger partial charge in [-0.1, -0.05) is 0 Å². The number of fused-ring (bicyclic) bond motifs is 1. The molecule has 2 N–H and O–H groups in total. The van der Waals surface area contributed by atoms with E-state index in [1.54, 1.807) is 11.3 Å². The predicted molar refractivity (Wildman–Crippen MR) is 121 cm³/mol. The van der Waals surface area contributed by atoms with Crippen molar-refractivity contribution in [2.24, 2.45) is 0 Å². The van der Waals surface area contributed by atoms with E-state index in [-0.39, 0.29) is 22.4 Å². The molecule has 0 aliphatic rings. The molecular weight excluding hydrogens is 443 g/mol. The summed E-state index contributed by atoms with van der Waals surface area (Å²) < 4.78 is 1.11. The summed E-state index contributed by atoms with van der Waals surface area (Å²) in [4.78, 5) is 16.5. The van der Waals surface area contributed by atoms with Gasteiger partial charge in [-0.25, -0.2) is 0 Å². The fourth-order valence-electron chi connectivity index (χ4n) is 3.25. The number of anilines is 1. The minimum atomic E-state index is -0.230. The number of aryl methyl sites for hydroxylation is 2. The van der Waals surface area contributed by atoms with Crippen LogP contribution in [-0.2, 0) is 5.21 Å². The Morgan fingerprint density at radius 1 is 1.00 bits per heavy atom. The minimum absolute atomic E-state index is 0.0520. The summed E-state index contributed by atoms with van der Waals surface area (Å²) in [5.74, 6) is 0.593. The van der Waals surface area contributed by atoms with Gasteiger partial charge in [0, 0.05) is 0 Å². The fraction of sp³-hybridized carbons (Fsp3) is 0.227. The third-order valence-electron chi connectivity index (χ3n) is 4.50. The summed E-state index contributed by atoms with van der Waals surface area (Å²) in [7, 11) is 0. The second-order valence-electron chi connectivity index (χ2n) is 6.69. The van der Waals surface area contributed by atoms with Crippen LogP contribution < -0.4 is 9.80 Å². The van der Waals surface area contributed by atoms with Gasteiger partial charge in [0.1, 0.15) is 0 Å². The van der Waals surface area contributed by atoms with Gasteiger partial charge in [0.25, 0.3) is 0 Å². The van der Waals surface area contributed by atoms with Crippen molar-refractivity contribution in [3.8, 4) is 11.1 Å². The van der Waals surface area contributed by atoms with Crippen molar-refractivity contribution in [2.75, 3.05) is 18.5 Å². The molecule has 3 aromatic heterocycles. The van der Waals surface area contributed by atoms with Crippen LogP contribution in [-0.4, -0.2) is 49.0 Å². The van der Waals surface area contributed by atoms with Gasteiger partial charge in [-0.3, -0.25) is 0 Å². The Balaban J connectivity index is 1.80. The average molecular weight is 465 g/mol. The maximum atomic E-state index is 9.17. The summed E-state index contributed by atoms with van der Waals surface area (Å²) in [6, 6.07) is 16.6. The monoisotopic (exact) mass is 465 g/mol. The maximum absolute atomic E-state index is 9.17. The molecule has 1 radical (unpaired) electrons. The van der Waals surface area contributed by atoms with Crippen LogP contribution >= 0.6 is 11.3 Å². The van der Waals surface area contributed by atoms with Crippen molar-refractivity contribution >= 4 is 47.7 Å². The summed E-state index contributed by atoms with van der Waals surface area (Å²) in [5, 5.41) is 14.4. The summed E-state index contributed by atoms with van der Waals surface area (Å²) >= 11 is 1.48. The summed E-state index contributed by atoms with van der Waals surface area (Å²) in [6.07, 6.45) is 0. The third-order valence-corrected chi connectivity index (χ3v) is 7.82. The van der Waals surface area contributed by atoms with E-state index in [4.69, 9.17) is 15.1 Å². The average Bonchev–Trinajstić information content (AvgIpc) is 3.07. The van der Waals surface area contributed by atoms with E-state index in [2.05, 4.69) is 53.6 Å². The first-order valence-electron chi connectivity index (χ1n) is 9.47. The van der Waals surface area contributed by atoms with E-state index in [0.717, 1.165) is 25.9 Å². The second kappa shape index (κ2) is 9.04. The molecule has 0 unspecified atom stereocenters. The van der Waals surface area contributed by atoms with Crippen molar-refractivity contribution in [2.45, 2.75) is 19.1 Å². The van der Waals surface area contributed by atoms with Crippen LogP contribution in [0.1, 0.15) is 16.3 Å². The summed E-state index contributed by atoms with van der Waals surface area (Å²) in [5.41, 5.74) is 4.59. The van der Waals surface area contributed by atoms with Crippen molar-refractivity contribution in [1.82, 2.24) is 15.0 Å². The SMILES string of the molecule is Cc1cccc(C[As]c2nc(NCCO)nc3sc(C)c(-c4ccccc4)c23)n1. The molecule has 29 heavy (non-hydrogen) atoms. The number of nitrogens with zero attached hydrogens (tertiary/aromatic N) is 3. The predicted octanol–water partition coefficient (Wildman–Crippen LogP) is 3.30. The zero-order valence-corrected chi connectivity index (χ0v) is 19.1. The molecule has 0 aliphatic carbocycles. The Hall–Kier alpha value is -2.27. The van der Waals surface area contributed by atoms with Gasteiger partial charge in [-0.05, 0) is 0 Å². The third kappa shape index (κ3) is 4.50. The van der Waals surface area contributed by atoms with Gasteiger partial charge in [0.15, 0.2) is 0 Å². The Bertz CT molecular complexity index is 1130. The number of nitrogens with one attached hydrogen (secondary N) is 1. The zero-order valence-electron chi connectivity index (χ0n) is 16.4. The molecule has 0 saturated carbocycles. The molecule has 4 rings (SSSR count). The molecule has 147 valence electrons. The Morgan fingerprint density at radius 2 is 1.83 bits per heavy atom. The van der Waals surface area contributed by atoms with Crippen LogP contribution in [0.25, 0.3) is 21.3 Å². The van der Waals surface area contributed by atoms with Crippen molar-refractivity contribution in [1.29, 1.82) is 0 Å². The van der Waals surface area contributed by atoms with Crippen LogP contribution in [0.3, 0.4) is 0 Å². The van der Waals surface area contributed by atoms with Gasteiger partial charge in [0.05, 0.1) is 0 Å². The second-order valence-corrected chi connectivity index (χ2v) is 10.1. The standard InChI is InChI=1S/C22H22AsN4OS/c1-14-7-6-10-17(25-14)13-23-20-19-18(16-8-4-3-5-9-16)15(2)29-21(19)27-22(26-20)24-11-12-28/h3-10,28H,11-13H2,1-2H3,(H,24,26,27). The molecule has 3 heterocycles. The first kappa shape index (κ1) is 20.0. The normalized spacial score (nSPS) is 11.6. The van der Waals surface area contributed by atoms with Crippen LogP contribution in [0.2, 0.25) is 0 Å². The first-order chi connectivity index (χ1) is 14.2. The molecule has 0 spiro atoms. The van der Waals surface area contributed by atoms with E-state index in [9.17, 15) is 0 Å². The quantitative estimate of drug-likeness (QED) is 0.410. The number of pyridine rings is 1. The Labute approximate surface area is 181 Å². The zero-order chi connectivity index (χ0) is 20.2. The molecule has 0 fully saturated rings. The number of benzene rings is 1. The Morgan fingerprint density at radius 3 is 2.59 bits per heavy atom. The van der Waals surface area contributed by atoms with Gasteiger partial charge in [0.2, 0.25) is 0 Å². The first-order valence-corrected chi connectivity index (χ1v) is 12.5. The van der Waals surface area contributed by atoms with Crippen molar-refractivity contribution < 1.29 is 5.11 Å². The number of thiophene rings is 1. The molecule has 0 aliphatic heterocycles. The molecule has 0 bridgehead atoms. The Kier molecular flexibility index (Phi) is 6.24. The number of hydrogen-bond acceptors (Lipinski definition) is 6. The molecule has 0 atom stereocenters. The van der Waals surface area contributed by atoms with Crippen molar-refractivity contribution in [3.63, 3.8) is 0 Å². The molecule has 4 aromatic rings. The molecule has 0 amide bonds. The molecule has 0 saturated heterocycles. The number of aliphatic hydroxyl groups is 1. The number of aromatic nitrogens is 3. The molecular formula is C22H22AsN4OS. The summed E-state index contributed by atoms with van der Waals surface area (Å²) in [6.45, 7) is 4.67. The van der Waals surface area contributed by atoms with Crippen LogP contribution in [0.4, 0.5) is 5.95 Å². The molecule has 7 heteroatoms. The van der Waals surface area contributed by atoms with Gasteiger partial charge >= 0.3 is 181 Å².